The minimum atomic E-state index is -3.90. The van der Waals surface area contributed by atoms with Gasteiger partial charge in [0.2, 0.25) is 5.91 Å². The van der Waals surface area contributed by atoms with Crippen molar-refractivity contribution >= 4 is 27.3 Å². The molecule has 1 atom stereocenters. The zero-order valence-electron chi connectivity index (χ0n) is 16.3. The van der Waals surface area contributed by atoms with Crippen LogP contribution in [0.5, 0.6) is 5.19 Å². The minimum absolute atomic E-state index is 0.0675. The number of methoxy groups -OCH3 is 1. The monoisotopic (exact) mass is 448 g/mol. The van der Waals surface area contributed by atoms with Gasteiger partial charge in [-0.1, -0.05) is 41.7 Å². The number of ether oxygens (including phenoxy) is 1. The molecular formula is C19H20N4O5S2. The Balaban J connectivity index is 1.55. The Morgan fingerprint density at radius 3 is 2.63 bits per heavy atom. The summed E-state index contributed by atoms with van der Waals surface area (Å²) in [5, 5.41) is 14.2. The molecule has 0 fully saturated rings. The van der Waals surface area contributed by atoms with Gasteiger partial charge in [0.25, 0.3) is 15.2 Å². The van der Waals surface area contributed by atoms with E-state index in [0.29, 0.717) is 17.0 Å². The molecule has 158 valence electrons. The fraction of sp³-hybridized carbons (Fsp3) is 0.316. The number of aryl methyl sites for hydroxylation is 1. The molecule has 1 aromatic carbocycles. The number of nitrogens with zero attached hydrogens (tertiary/aromatic N) is 4. The van der Waals surface area contributed by atoms with Gasteiger partial charge in [0.15, 0.2) is 4.21 Å². The SMILES string of the molecule is COc1nc(C)c(S(=O)(=O)n2cc3c(n2)CN(C(=O)[C@H](CO)c2ccccc2)C3)s1. The van der Waals surface area contributed by atoms with Crippen LogP contribution >= 0.6 is 11.3 Å². The van der Waals surface area contributed by atoms with Gasteiger partial charge in [-0.05, 0) is 12.5 Å². The van der Waals surface area contributed by atoms with Gasteiger partial charge in [-0.2, -0.15) is 17.6 Å². The summed E-state index contributed by atoms with van der Waals surface area (Å²) in [6.07, 6.45) is 1.43. The van der Waals surface area contributed by atoms with Crippen molar-refractivity contribution in [3.05, 3.63) is 59.0 Å². The second-order valence-corrected chi connectivity index (χ2v) is 9.83. The first kappa shape index (κ1) is 20.5. The molecule has 30 heavy (non-hydrogen) atoms. The van der Waals surface area contributed by atoms with Crippen molar-refractivity contribution in [2.75, 3.05) is 13.7 Å². The number of aliphatic hydroxyl groups is 1. The number of carbonyl (C=O) groups is 1. The highest BCUT2D eigenvalue weighted by Crippen LogP contribution is 2.32. The third-order valence-electron chi connectivity index (χ3n) is 4.94. The molecule has 0 saturated heterocycles. The maximum absolute atomic E-state index is 12.9. The standard InChI is InChI=1S/C19H20N4O5S2/c1-12-18(29-19(20-12)28-2)30(26,27)23-9-14-8-22(10-16(14)21-23)17(25)15(11-24)13-6-4-3-5-7-13/h3-7,9,15,24H,8,10-11H2,1-2H3/t15-/m1/s1. The number of carbonyl (C=O) groups excluding carboxylic acids is 1. The van der Waals surface area contributed by atoms with E-state index in [0.717, 1.165) is 21.0 Å². The largest absolute Gasteiger partial charge is 0.473 e. The number of rotatable bonds is 6. The van der Waals surface area contributed by atoms with Gasteiger partial charge in [-0.25, -0.2) is 4.98 Å². The Kier molecular flexibility index (Phi) is 5.35. The minimum Gasteiger partial charge on any atom is -0.473 e. The summed E-state index contributed by atoms with van der Waals surface area (Å²) < 4.78 is 31.9. The highest BCUT2D eigenvalue weighted by molar-refractivity contribution is 7.92. The lowest BCUT2D eigenvalue weighted by Gasteiger charge is -2.22. The van der Waals surface area contributed by atoms with Crippen LogP contribution in [0.3, 0.4) is 0 Å². The summed E-state index contributed by atoms with van der Waals surface area (Å²) in [6.45, 7) is 1.71. The van der Waals surface area contributed by atoms with Crippen molar-refractivity contribution in [1.29, 1.82) is 0 Å². The number of aromatic nitrogens is 3. The Labute approximate surface area is 177 Å². The van der Waals surface area contributed by atoms with Crippen molar-refractivity contribution < 1.29 is 23.1 Å². The maximum atomic E-state index is 12.9. The Morgan fingerprint density at radius 2 is 2.03 bits per heavy atom. The molecule has 4 rings (SSSR count). The third-order valence-corrected chi connectivity index (χ3v) is 8.18. The van der Waals surface area contributed by atoms with Gasteiger partial charge in [0, 0.05) is 18.3 Å². The van der Waals surface area contributed by atoms with Gasteiger partial charge in [0.1, 0.15) is 0 Å². The molecule has 0 saturated carbocycles. The van der Waals surface area contributed by atoms with Gasteiger partial charge >= 0.3 is 0 Å². The fourth-order valence-corrected chi connectivity index (χ4v) is 5.95. The number of fused-ring (bicyclic) bond motifs is 1. The Hall–Kier alpha value is -2.76. The summed E-state index contributed by atoms with van der Waals surface area (Å²) in [4.78, 5) is 18.6. The molecule has 1 aliphatic heterocycles. The number of hydrogen-bond acceptors (Lipinski definition) is 8. The van der Waals surface area contributed by atoms with Crippen LogP contribution in [-0.2, 0) is 27.9 Å². The van der Waals surface area contributed by atoms with Crippen molar-refractivity contribution in [1.82, 2.24) is 19.1 Å². The molecule has 1 aliphatic rings. The smallest absolute Gasteiger partial charge is 0.294 e. The fourth-order valence-electron chi connectivity index (χ4n) is 3.41. The van der Waals surface area contributed by atoms with Crippen LogP contribution in [0.15, 0.2) is 40.7 Å². The highest BCUT2D eigenvalue weighted by atomic mass is 32.2. The lowest BCUT2D eigenvalue weighted by atomic mass is 9.98. The van der Waals surface area contributed by atoms with Gasteiger partial charge in [0.05, 0.1) is 37.6 Å². The number of amides is 1. The zero-order chi connectivity index (χ0) is 21.5. The number of thiazole rings is 1. The van der Waals surface area contributed by atoms with E-state index >= 15 is 0 Å². The predicted octanol–water partition coefficient (Wildman–Crippen LogP) is 1.51. The number of hydrogen-bond donors (Lipinski definition) is 1. The molecule has 9 nitrogen and oxygen atoms in total. The van der Waals surface area contributed by atoms with Gasteiger partial charge in [-0.15, -0.1) is 0 Å². The highest BCUT2D eigenvalue weighted by Gasteiger charge is 2.34. The van der Waals surface area contributed by atoms with Crippen molar-refractivity contribution in [2.45, 2.75) is 30.1 Å². The Morgan fingerprint density at radius 1 is 1.30 bits per heavy atom. The molecule has 3 aromatic rings. The van der Waals surface area contributed by atoms with Crippen LogP contribution in [0.2, 0.25) is 0 Å². The molecule has 0 aliphatic carbocycles. The molecule has 3 heterocycles. The first-order valence-corrected chi connectivity index (χ1v) is 11.4. The second kappa shape index (κ2) is 7.82. The molecule has 11 heteroatoms. The van der Waals surface area contributed by atoms with Crippen LogP contribution in [0.4, 0.5) is 0 Å². The molecule has 1 amide bonds. The maximum Gasteiger partial charge on any atom is 0.294 e. The average Bonchev–Trinajstić information content (AvgIpc) is 3.42. The van der Waals surface area contributed by atoms with E-state index in [1.54, 1.807) is 24.0 Å². The predicted molar refractivity (Wildman–Crippen MR) is 109 cm³/mol. The summed E-state index contributed by atoms with van der Waals surface area (Å²) in [7, 11) is -2.47. The lowest BCUT2D eigenvalue weighted by molar-refractivity contribution is -0.134. The summed E-state index contributed by atoms with van der Waals surface area (Å²) in [5.41, 5.74) is 2.26. The van der Waals surface area contributed by atoms with E-state index in [4.69, 9.17) is 4.74 Å². The van der Waals surface area contributed by atoms with Crippen LogP contribution in [0.25, 0.3) is 0 Å². The lowest BCUT2D eigenvalue weighted by Crippen LogP contribution is -2.33. The van der Waals surface area contributed by atoms with E-state index in [9.17, 15) is 18.3 Å². The number of benzene rings is 1. The number of aliphatic hydroxyl groups excluding tert-OH is 1. The van der Waals surface area contributed by atoms with Gasteiger partial charge < -0.3 is 14.7 Å². The molecule has 0 radical (unpaired) electrons. The molecule has 2 aromatic heterocycles. The quantitative estimate of drug-likeness (QED) is 0.608. The van der Waals surface area contributed by atoms with Crippen molar-refractivity contribution in [3.8, 4) is 5.19 Å². The zero-order valence-corrected chi connectivity index (χ0v) is 18.0. The normalized spacial score (nSPS) is 14.6. The van der Waals surface area contributed by atoms with Gasteiger partial charge in [-0.3, -0.25) is 4.79 Å². The second-order valence-electron chi connectivity index (χ2n) is 6.88. The molecule has 1 N–H and O–H groups in total. The Bertz CT molecular complexity index is 1160. The summed E-state index contributed by atoms with van der Waals surface area (Å²) in [6, 6.07) is 9.07. The van der Waals surface area contributed by atoms with E-state index < -0.39 is 15.9 Å². The van der Waals surface area contributed by atoms with Crippen LogP contribution in [-0.4, -0.2) is 52.2 Å². The summed E-state index contributed by atoms with van der Waals surface area (Å²) >= 11 is 0.938. The summed E-state index contributed by atoms with van der Waals surface area (Å²) in [5.74, 6) is -0.891. The van der Waals surface area contributed by atoms with E-state index in [-0.39, 0.29) is 35.0 Å². The van der Waals surface area contributed by atoms with Crippen LogP contribution in [0, 0.1) is 6.92 Å². The molecule has 0 unspecified atom stereocenters. The first-order chi connectivity index (χ1) is 14.3. The van der Waals surface area contributed by atoms with Crippen LogP contribution < -0.4 is 4.74 Å². The van der Waals surface area contributed by atoms with E-state index in [1.165, 1.54) is 13.3 Å². The third kappa shape index (κ3) is 3.48. The first-order valence-electron chi connectivity index (χ1n) is 9.14. The topological polar surface area (TPSA) is 115 Å². The van der Waals surface area contributed by atoms with Crippen molar-refractivity contribution in [3.63, 3.8) is 0 Å². The van der Waals surface area contributed by atoms with Crippen molar-refractivity contribution in [2.24, 2.45) is 0 Å². The molecule has 0 bridgehead atoms. The van der Waals surface area contributed by atoms with Crippen LogP contribution in [0.1, 0.15) is 28.4 Å². The molecule has 0 spiro atoms. The van der Waals surface area contributed by atoms with E-state index in [1.807, 2.05) is 18.2 Å². The van der Waals surface area contributed by atoms with E-state index in [2.05, 4.69) is 10.1 Å². The average molecular weight is 449 g/mol. The molecular weight excluding hydrogens is 428 g/mol.